The molecule has 0 radical (unpaired) electrons. The minimum absolute atomic E-state index is 0.0799. The van der Waals surface area contributed by atoms with Crippen molar-refractivity contribution in [2.24, 2.45) is 4.99 Å². The topological polar surface area (TPSA) is 88.1 Å². The van der Waals surface area contributed by atoms with Crippen molar-refractivity contribution in [2.45, 2.75) is 23.4 Å². The van der Waals surface area contributed by atoms with Gasteiger partial charge in [-0.15, -0.1) is 0 Å². The molecule has 1 N–H and O–H groups in total. The Balaban J connectivity index is 1.54. The molecule has 2 aliphatic rings. The number of nitrogens with zero attached hydrogens (tertiary/aromatic N) is 2. The Morgan fingerprint density at radius 1 is 1.10 bits per heavy atom. The Kier molecular flexibility index (Phi) is 5.07. The maximum absolute atomic E-state index is 13.5. The first kappa shape index (κ1) is 20.4. The van der Waals surface area contributed by atoms with Crippen LogP contribution in [-0.4, -0.2) is 50.2 Å². The number of carbonyl (C=O) groups is 1. The quantitative estimate of drug-likeness (QED) is 0.797. The fourth-order valence-corrected chi connectivity index (χ4v) is 5.10. The number of amides is 1. The molecule has 7 nitrogen and oxygen atoms in total. The molecule has 4 rings (SSSR count). The monoisotopic (exact) mass is 435 g/mol. The molecular weight excluding hydrogens is 416 g/mol. The summed E-state index contributed by atoms with van der Waals surface area (Å²) < 4.78 is 58.6. The molecule has 0 aromatic heterocycles. The number of methoxy groups -OCH3 is 1. The number of hydrogen-bond acceptors (Lipinski definition) is 5. The third-order valence-electron chi connectivity index (χ3n) is 5.31. The van der Waals surface area contributed by atoms with Crippen LogP contribution in [0.25, 0.3) is 0 Å². The van der Waals surface area contributed by atoms with Crippen molar-refractivity contribution in [1.29, 1.82) is 0 Å². The highest BCUT2D eigenvalue weighted by Gasteiger charge is 2.44. The third kappa shape index (κ3) is 3.56. The molecule has 1 fully saturated rings. The second kappa shape index (κ2) is 7.44. The second-order valence-corrected chi connectivity index (χ2v) is 9.10. The SMILES string of the molecule is COc1cccc(C2=NC3(CCN(S(=O)(=O)c4ccc(F)c(F)c4)CC3)NC2=O)c1. The van der Waals surface area contributed by atoms with Gasteiger partial charge in [0.05, 0.1) is 12.0 Å². The summed E-state index contributed by atoms with van der Waals surface area (Å²) in [6.45, 7) is 0.160. The van der Waals surface area contributed by atoms with E-state index in [4.69, 9.17) is 4.74 Å². The molecule has 1 saturated heterocycles. The van der Waals surface area contributed by atoms with Crippen LogP contribution >= 0.6 is 0 Å². The molecule has 158 valence electrons. The van der Waals surface area contributed by atoms with Gasteiger partial charge in [0.25, 0.3) is 5.91 Å². The Hall–Kier alpha value is -2.85. The van der Waals surface area contributed by atoms with E-state index in [9.17, 15) is 22.0 Å². The fraction of sp³-hybridized carbons (Fsp3) is 0.300. The van der Waals surface area contributed by atoms with Gasteiger partial charge < -0.3 is 10.1 Å². The molecule has 0 aliphatic carbocycles. The number of piperidine rings is 1. The highest BCUT2D eigenvalue weighted by molar-refractivity contribution is 7.89. The highest BCUT2D eigenvalue weighted by Crippen LogP contribution is 2.32. The standard InChI is InChI=1S/C20H19F2N3O4S/c1-29-14-4-2-3-13(11-14)18-19(26)24-20(23-18)7-9-25(10-8-20)30(27,28)15-5-6-16(21)17(22)12-15/h2-6,11-12H,7-10H2,1H3,(H,24,26). The lowest BCUT2D eigenvalue weighted by Crippen LogP contribution is -2.52. The average Bonchev–Trinajstić information content (AvgIpc) is 3.06. The van der Waals surface area contributed by atoms with Gasteiger partial charge in [0, 0.05) is 31.5 Å². The first-order chi connectivity index (χ1) is 14.2. The lowest BCUT2D eigenvalue weighted by atomic mass is 10.00. The second-order valence-electron chi connectivity index (χ2n) is 7.16. The summed E-state index contributed by atoms with van der Waals surface area (Å²) in [5.74, 6) is -2.07. The van der Waals surface area contributed by atoms with Crippen LogP contribution < -0.4 is 10.1 Å². The molecule has 2 heterocycles. The smallest absolute Gasteiger partial charge is 0.272 e. The van der Waals surface area contributed by atoms with Crippen molar-refractivity contribution < 1.29 is 26.7 Å². The number of sulfonamides is 1. The molecule has 0 atom stereocenters. The summed E-state index contributed by atoms with van der Waals surface area (Å²) in [7, 11) is -2.46. The predicted octanol–water partition coefficient (Wildman–Crippen LogP) is 2.07. The summed E-state index contributed by atoms with van der Waals surface area (Å²) in [4.78, 5) is 16.8. The van der Waals surface area contributed by atoms with E-state index in [0.717, 1.165) is 12.1 Å². The lowest BCUT2D eigenvalue weighted by molar-refractivity contribution is -0.115. The number of rotatable bonds is 4. The van der Waals surface area contributed by atoms with E-state index in [1.807, 2.05) is 0 Å². The van der Waals surface area contributed by atoms with E-state index in [1.54, 1.807) is 24.3 Å². The Morgan fingerprint density at radius 2 is 1.83 bits per heavy atom. The first-order valence-electron chi connectivity index (χ1n) is 9.26. The van der Waals surface area contributed by atoms with Crippen molar-refractivity contribution in [3.63, 3.8) is 0 Å². The van der Waals surface area contributed by atoms with Gasteiger partial charge in [0.2, 0.25) is 10.0 Å². The normalized spacial score (nSPS) is 18.9. The molecule has 2 aromatic rings. The number of carbonyl (C=O) groups excluding carboxylic acids is 1. The molecule has 2 aromatic carbocycles. The number of hydrogen-bond donors (Lipinski definition) is 1. The molecule has 0 unspecified atom stereocenters. The molecular formula is C20H19F2N3O4S. The summed E-state index contributed by atoms with van der Waals surface area (Å²) in [5, 5.41) is 2.87. The predicted molar refractivity (Wildman–Crippen MR) is 105 cm³/mol. The molecule has 2 aliphatic heterocycles. The van der Waals surface area contributed by atoms with E-state index >= 15 is 0 Å². The fourth-order valence-electron chi connectivity index (χ4n) is 3.65. The molecule has 0 saturated carbocycles. The highest BCUT2D eigenvalue weighted by atomic mass is 32.2. The van der Waals surface area contributed by atoms with Crippen molar-refractivity contribution >= 4 is 21.6 Å². The number of aliphatic imine (C=N–C) groups is 1. The van der Waals surface area contributed by atoms with E-state index in [2.05, 4.69) is 10.3 Å². The van der Waals surface area contributed by atoms with Crippen molar-refractivity contribution in [3.8, 4) is 5.75 Å². The Morgan fingerprint density at radius 3 is 2.50 bits per heavy atom. The number of nitrogens with one attached hydrogen (secondary N) is 1. The van der Waals surface area contributed by atoms with Crippen LogP contribution in [0.3, 0.4) is 0 Å². The van der Waals surface area contributed by atoms with Gasteiger partial charge in [-0.2, -0.15) is 4.31 Å². The summed E-state index contributed by atoms with van der Waals surface area (Å²) in [6, 6.07) is 9.47. The molecule has 1 amide bonds. The van der Waals surface area contributed by atoms with Gasteiger partial charge in [-0.05, 0) is 30.3 Å². The van der Waals surface area contributed by atoms with E-state index in [1.165, 1.54) is 11.4 Å². The molecule has 0 bridgehead atoms. The van der Waals surface area contributed by atoms with Crippen LogP contribution in [-0.2, 0) is 14.8 Å². The van der Waals surface area contributed by atoms with Crippen LogP contribution in [0, 0.1) is 11.6 Å². The zero-order chi connectivity index (χ0) is 21.5. The van der Waals surface area contributed by atoms with Gasteiger partial charge in [-0.25, -0.2) is 17.2 Å². The van der Waals surface area contributed by atoms with Crippen LogP contribution in [0.4, 0.5) is 8.78 Å². The number of ether oxygens (including phenoxy) is 1. The maximum Gasteiger partial charge on any atom is 0.272 e. The minimum Gasteiger partial charge on any atom is -0.497 e. The van der Waals surface area contributed by atoms with Gasteiger partial charge in [-0.3, -0.25) is 9.79 Å². The lowest BCUT2D eigenvalue weighted by Gasteiger charge is -2.36. The largest absolute Gasteiger partial charge is 0.497 e. The van der Waals surface area contributed by atoms with Crippen LogP contribution in [0.1, 0.15) is 18.4 Å². The van der Waals surface area contributed by atoms with Crippen LogP contribution in [0.5, 0.6) is 5.75 Å². The van der Waals surface area contributed by atoms with E-state index < -0.39 is 27.3 Å². The van der Waals surface area contributed by atoms with Crippen LogP contribution in [0.15, 0.2) is 52.4 Å². The molecule has 30 heavy (non-hydrogen) atoms. The zero-order valence-electron chi connectivity index (χ0n) is 16.1. The minimum atomic E-state index is -3.99. The number of halogens is 2. The maximum atomic E-state index is 13.5. The van der Waals surface area contributed by atoms with Crippen molar-refractivity contribution in [1.82, 2.24) is 9.62 Å². The van der Waals surface area contributed by atoms with Crippen LogP contribution in [0.2, 0.25) is 0 Å². The molecule has 10 heteroatoms. The average molecular weight is 435 g/mol. The Labute approximate surface area is 172 Å². The van der Waals surface area contributed by atoms with Gasteiger partial charge in [-0.1, -0.05) is 12.1 Å². The third-order valence-corrected chi connectivity index (χ3v) is 7.20. The summed E-state index contributed by atoms with van der Waals surface area (Å²) in [5.41, 5.74) is -0.0124. The van der Waals surface area contributed by atoms with Gasteiger partial charge in [0.15, 0.2) is 11.6 Å². The summed E-state index contributed by atoms with van der Waals surface area (Å²) in [6.07, 6.45) is 0.518. The first-order valence-corrected chi connectivity index (χ1v) is 10.7. The van der Waals surface area contributed by atoms with Gasteiger partial charge >= 0.3 is 0 Å². The van der Waals surface area contributed by atoms with E-state index in [-0.39, 0.29) is 42.4 Å². The van der Waals surface area contributed by atoms with Crippen molar-refractivity contribution in [3.05, 3.63) is 59.7 Å². The zero-order valence-corrected chi connectivity index (χ0v) is 16.9. The molecule has 1 spiro atoms. The Bertz CT molecular complexity index is 1140. The van der Waals surface area contributed by atoms with Gasteiger partial charge in [0.1, 0.15) is 17.1 Å². The van der Waals surface area contributed by atoms with E-state index in [0.29, 0.717) is 17.4 Å². The summed E-state index contributed by atoms with van der Waals surface area (Å²) >= 11 is 0. The van der Waals surface area contributed by atoms with Crippen molar-refractivity contribution in [2.75, 3.05) is 20.2 Å². The number of benzene rings is 2.